The van der Waals surface area contributed by atoms with Gasteiger partial charge in [-0.25, -0.2) is 9.59 Å². The molecule has 1 aromatic heterocycles. The van der Waals surface area contributed by atoms with Crippen molar-refractivity contribution in [2.45, 2.75) is 0 Å². The molecule has 0 unspecified atom stereocenters. The fraction of sp³-hybridized carbons (Fsp3) is 0. The van der Waals surface area contributed by atoms with Gasteiger partial charge in [-0.2, -0.15) is 0 Å². The molecule has 0 aliphatic carbocycles. The Labute approximate surface area is 65.7 Å². The maximum atomic E-state index is 10.3. The predicted molar refractivity (Wildman–Crippen MR) is 38.2 cm³/mol. The van der Waals surface area contributed by atoms with Crippen LogP contribution in [-0.2, 0) is 0 Å². The second-order valence-corrected chi connectivity index (χ2v) is 2.86. The third-order valence-electron chi connectivity index (χ3n) is 1.03. The van der Waals surface area contributed by atoms with Crippen LogP contribution >= 0.6 is 11.3 Å². The summed E-state index contributed by atoms with van der Waals surface area (Å²) >= 11 is 0.750. The first-order valence-corrected chi connectivity index (χ1v) is 3.49. The maximum Gasteiger partial charge on any atom is 0.345 e. The Morgan fingerprint density at radius 1 is 1.09 bits per heavy atom. The lowest BCUT2D eigenvalue weighted by molar-refractivity contribution is 0.0693. The van der Waals surface area contributed by atoms with Crippen LogP contribution in [0.2, 0.25) is 0 Å². The Kier molecular flexibility index (Phi) is 1.91. The molecular formula is C6H4O4S. The van der Waals surface area contributed by atoms with Gasteiger partial charge in [0.05, 0.1) is 0 Å². The molecule has 1 rings (SSSR count). The van der Waals surface area contributed by atoms with Crippen LogP contribution in [0.3, 0.4) is 0 Å². The summed E-state index contributed by atoms with van der Waals surface area (Å²) in [7, 11) is 0. The van der Waals surface area contributed by atoms with Gasteiger partial charge in [0.2, 0.25) is 0 Å². The monoisotopic (exact) mass is 173 g/mol. The van der Waals surface area contributed by atoms with Crippen molar-refractivity contribution in [1.82, 2.24) is 0 Å². The Hall–Kier alpha value is -1.36. The standard InChI is InChI=1S/C6H4O4S/c7-5(8)3-1-2-4(11-3)6(9)10/h1-2H,(H,7,8)(H,9,10)/i5+1. The lowest BCUT2D eigenvalue weighted by atomic mass is 10.5. The highest BCUT2D eigenvalue weighted by Crippen LogP contribution is 2.15. The normalized spacial score (nSPS) is 9.45. The fourth-order valence-electron chi connectivity index (χ4n) is 0.568. The van der Waals surface area contributed by atoms with Crippen LogP contribution < -0.4 is 0 Å². The molecule has 11 heavy (non-hydrogen) atoms. The van der Waals surface area contributed by atoms with E-state index in [1.165, 1.54) is 12.1 Å². The summed E-state index contributed by atoms with van der Waals surface area (Å²) in [5, 5.41) is 16.8. The summed E-state index contributed by atoms with van der Waals surface area (Å²) in [6, 6.07) is 2.55. The zero-order chi connectivity index (χ0) is 8.43. The van der Waals surface area contributed by atoms with Crippen molar-refractivity contribution in [3.63, 3.8) is 0 Å². The van der Waals surface area contributed by atoms with Crippen LogP contribution in [0.4, 0.5) is 0 Å². The number of hydrogen-bond acceptors (Lipinski definition) is 3. The summed E-state index contributed by atoms with van der Waals surface area (Å²) < 4.78 is 0. The second-order valence-electron chi connectivity index (χ2n) is 1.77. The van der Waals surface area contributed by atoms with Gasteiger partial charge in [-0.1, -0.05) is 0 Å². The average Bonchev–Trinajstić information content (AvgIpc) is 2.33. The van der Waals surface area contributed by atoms with Gasteiger partial charge < -0.3 is 10.2 Å². The third-order valence-corrected chi connectivity index (χ3v) is 2.09. The highest BCUT2D eigenvalue weighted by atomic mass is 32.1. The lowest BCUT2D eigenvalue weighted by Crippen LogP contribution is -1.91. The molecule has 0 aliphatic heterocycles. The van der Waals surface area contributed by atoms with Crippen LogP contribution in [0.1, 0.15) is 19.3 Å². The van der Waals surface area contributed by atoms with Crippen LogP contribution in [0.25, 0.3) is 0 Å². The average molecular weight is 173 g/mol. The van der Waals surface area contributed by atoms with Gasteiger partial charge in [-0.15, -0.1) is 11.3 Å². The first-order valence-electron chi connectivity index (χ1n) is 2.67. The molecule has 0 radical (unpaired) electrons. The molecule has 0 saturated heterocycles. The van der Waals surface area contributed by atoms with Crippen LogP contribution in [0.5, 0.6) is 0 Å². The van der Waals surface area contributed by atoms with E-state index in [9.17, 15) is 9.59 Å². The topological polar surface area (TPSA) is 74.6 Å². The molecule has 0 fully saturated rings. The largest absolute Gasteiger partial charge is 0.477 e. The number of hydrogen-bond donors (Lipinski definition) is 2. The van der Waals surface area contributed by atoms with E-state index in [1.807, 2.05) is 0 Å². The summed E-state index contributed by atoms with van der Waals surface area (Å²) in [4.78, 5) is 20.6. The minimum atomic E-state index is -1.09. The van der Waals surface area contributed by atoms with Gasteiger partial charge >= 0.3 is 11.9 Å². The molecule has 1 aromatic rings. The number of carboxylic acid groups (broad SMARTS) is 2. The number of rotatable bonds is 2. The van der Waals surface area contributed by atoms with Crippen molar-refractivity contribution in [3.8, 4) is 0 Å². The Morgan fingerprint density at radius 3 is 1.64 bits per heavy atom. The van der Waals surface area contributed by atoms with Crippen molar-refractivity contribution >= 4 is 23.3 Å². The number of carboxylic acids is 2. The first kappa shape index (κ1) is 7.74. The van der Waals surface area contributed by atoms with E-state index in [-0.39, 0.29) is 9.75 Å². The predicted octanol–water partition coefficient (Wildman–Crippen LogP) is 1.14. The van der Waals surface area contributed by atoms with Crippen LogP contribution in [0.15, 0.2) is 12.1 Å². The minimum absolute atomic E-state index is 0.0439. The smallest absolute Gasteiger partial charge is 0.345 e. The van der Waals surface area contributed by atoms with Crippen molar-refractivity contribution < 1.29 is 19.8 Å². The Bertz CT molecular complexity index is 273. The quantitative estimate of drug-likeness (QED) is 0.657. The summed E-state index contributed by atoms with van der Waals surface area (Å²) in [6.45, 7) is 0. The van der Waals surface area contributed by atoms with Crippen molar-refractivity contribution in [2.24, 2.45) is 0 Å². The van der Waals surface area contributed by atoms with E-state index in [0.717, 1.165) is 11.3 Å². The third kappa shape index (κ3) is 1.56. The van der Waals surface area contributed by atoms with E-state index in [4.69, 9.17) is 10.2 Å². The summed E-state index contributed by atoms with van der Waals surface area (Å²) in [5.74, 6) is -2.19. The Balaban J connectivity index is 2.99. The molecule has 58 valence electrons. The SMILES string of the molecule is O=C(O)c1ccc([13C](=O)O)s1. The van der Waals surface area contributed by atoms with Gasteiger partial charge in [-0.05, 0) is 12.1 Å². The van der Waals surface area contributed by atoms with Gasteiger partial charge in [0.25, 0.3) is 0 Å². The fourth-order valence-corrected chi connectivity index (χ4v) is 1.25. The maximum absolute atomic E-state index is 10.3. The molecule has 0 aromatic carbocycles. The summed E-state index contributed by atoms with van der Waals surface area (Å²) in [6.07, 6.45) is 0. The molecule has 0 bridgehead atoms. The van der Waals surface area contributed by atoms with E-state index < -0.39 is 11.9 Å². The molecule has 5 heteroatoms. The molecule has 0 amide bonds. The lowest BCUT2D eigenvalue weighted by Gasteiger charge is -1.82. The van der Waals surface area contributed by atoms with E-state index >= 15 is 0 Å². The highest BCUT2D eigenvalue weighted by molar-refractivity contribution is 7.15. The van der Waals surface area contributed by atoms with E-state index in [2.05, 4.69) is 0 Å². The zero-order valence-electron chi connectivity index (χ0n) is 5.27. The molecule has 2 N–H and O–H groups in total. The molecule has 0 aliphatic rings. The summed E-state index contributed by atoms with van der Waals surface area (Å²) in [5.41, 5.74) is 0. The molecule has 0 saturated carbocycles. The molecule has 1 heterocycles. The van der Waals surface area contributed by atoms with Crippen LogP contribution in [-0.4, -0.2) is 22.2 Å². The van der Waals surface area contributed by atoms with Gasteiger partial charge in [0.1, 0.15) is 9.75 Å². The highest BCUT2D eigenvalue weighted by Gasteiger charge is 2.10. The number of aromatic carboxylic acids is 2. The molecule has 0 atom stereocenters. The van der Waals surface area contributed by atoms with Crippen LogP contribution in [0, 0.1) is 0 Å². The Morgan fingerprint density at radius 2 is 1.45 bits per heavy atom. The molecule has 4 nitrogen and oxygen atoms in total. The molecular weight excluding hydrogens is 169 g/mol. The molecule has 0 spiro atoms. The van der Waals surface area contributed by atoms with Gasteiger partial charge in [0.15, 0.2) is 0 Å². The second kappa shape index (κ2) is 2.71. The van der Waals surface area contributed by atoms with Gasteiger partial charge in [-0.3, -0.25) is 0 Å². The zero-order valence-corrected chi connectivity index (χ0v) is 6.09. The van der Waals surface area contributed by atoms with Crippen molar-refractivity contribution in [3.05, 3.63) is 21.9 Å². The van der Waals surface area contributed by atoms with Crippen molar-refractivity contribution in [1.29, 1.82) is 0 Å². The van der Waals surface area contributed by atoms with Crippen molar-refractivity contribution in [2.75, 3.05) is 0 Å². The number of thiophene rings is 1. The first-order chi connectivity index (χ1) is 5.11. The van der Waals surface area contributed by atoms with E-state index in [0.29, 0.717) is 0 Å². The number of carbonyl (C=O) groups is 2. The van der Waals surface area contributed by atoms with Gasteiger partial charge in [0, 0.05) is 0 Å². The minimum Gasteiger partial charge on any atom is -0.477 e. The van der Waals surface area contributed by atoms with E-state index in [1.54, 1.807) is 0 Å².